The van der Waals surface area contributed by atoms with Crippen molar-refractivity contribution in [2.45, 2.75) is 70.2 Å². The number of nitrogens with one attached hydrogen (secondary N) is 1. The predicted octanol–water partition coefficient (Wildman–Crippen LogP) is 3.16. The molecule has 0 amide bonds. The van der Waals surface area contributed by atoms with E-state index in [2.05, 4.69) is 50.8 Å². The molecule has 0 aromatic heterocycles. The van der Waals surface area contributed by atoms with Gasteiger partial charge in [0.1, 0.15) is 23.5 Å². The van der Waals surface area contributed by atoms with Crippen LogP contribution in [0.25, 0.3) is 0 Å². The summed E-state index contributed by atoms with van der Waals surface area (Å²) in [5.74, 6) is 8.31. The molecule has 26 heavy (non-hydrogen) atoms. The first kappa shape index (κ1) is 17.9. The third-order valence-electron chi connectivity index (χ3n) is 6.43. The maximum absolute atomic E-state index is 6.67. The van der Waals surface area contributed by atoms with Gasteiger partial charge in [-0.1, -0.05) is 24.1 Å². The van der Waals surface area contributed by atoms with Crippen molar-refractivity contribution < 1.29 is 14.4 Å². The van der Waals surface area contributed by atoms with Crippen LogP contribution in [-0.4, -0.2) is 30.8 Å². The molecule has 1 aromatic rings. The largest absolute Gasteiger partial charge is 0.487 e. The molecular weight excluding hydrogens is 322 g/mol. The average Bonchev–Trinajstić information content (AvgIpc) is 2.62. The number of rotatable bonds is 1. The highest BCUT2D eigenvalue weighted by molar-refractivity contribution is 5.39. The molecule has 1 aromatic carbocycles. The summed E-state index contributed by atoms with van der Waals surface area (Å²) >= 11 is 0. The number of likely N-dealkylation sites (tertiary alicyclic amines) is 1. The molecule has 1 N–H and O–H groups in total. The quantitative estimate of drug-likeness (QED) is 0.783. The summed E-state index contributed by atoms with van der Waals surface area (Å²) in [4.78, 5) is 1.64. The number of fused-ring (bicyclic) bond motifs is 3. The topological polar surface area (TPSA) is 22.9 Å². The maximum Gasteiger partial charge on any atom is 0.139 e. The van der Waals surface area contributed by atoms with Crippen LogP contribution in [0.1, 0.15) is 64.5 Å². The van der Waals surface area contributed by atoms with Crippen LogP contribution < -0.4 is 9.64 Å². The molecule has 0 aliphatic carbocycles. The second-order valence-corrected chi connectivity index (χ2v) is 8.95. The Bertz CT molecular complexity index is 710. The van der Waals surface area contributed by atoms with Crippen molar-refractivity contribution in [3.05, 3.63) is 29.8 Å². The summed E-state index contributed by atoms with van der Waals surface area (Å²) in [5, 5.41) is 0. The Morgan fingerprint density at radius 3 is 2.69 bits per heavy atom. The van der Waals surface area contributed by atoms with E-state index in [1.165, 1.54) is 37.9 Å². The Hall–Kier alpha value is -1.50. The van der Waals surface area contributed by atoms with Gasteiger partial charge < -0.3 is 14.4 Å². The Morgan fingerprint density at radius 1 is 1.12 bits per heavy atom. The van der Waals surface area contributed by atoms with Crippen molar-refractivity contribution in [3.63, 3.8) is 0 Å². The Labute approximate surface area is 158 Å². The summed E-state index contributed by atoms with van der Waals surface area (Å²) in [5.41, 5.74) is 0.633. The summed E-state index contributed by atoms with van der Waals surface area (Å²) < 4.78 is 13.0. The number of ether oxygens (including phenoxy) is 2. The summed E-state index contributed by atoms with van der Waals surface area (Å²) in [6.45, 7) is 10.1. The van der Waals surface area contributed by atoms with Crippen molar-refractivity contribution in [2.75, 3.05) is 19.6 Å². The molecule has 0 unspecified atom stereocenters. The molecule has 2 fully saturated rings. The zero-order chi connectivity index (χ0) is 18.2. The lowest BCUT2D eigenvalue weighted by Gasteiger charge is -2.50. The molecule has 140 valence electrons. The van der Waals surface area contributed by atoms with E-state index in [1.54, 1.807) is 4.90 Å². The number of quaternary nitrogens is 1. The first-order valence-electron chi connectivity index (χ1n) is 10.3. The van der Waals surface area contributed by atoms with E-state index >= 15 is 0 Å². The minimum absolute atomic E-state index is 0.0744. The van der Waals surface area contributed by atoms with E-state index in [1.807, 2.05) is 6.07 Å². The van der Waals surface area contributed by atoms with Gasteiger partial charge in [-0.25, -0.2) is 0 Å². The second-order valence-electron chi connectivity index (χ2n) is 8.95. The van der Waals surface area contributed by atoms with Gasteiger partial charge in [0.2, 0.25) is 0 Å². The zero-order valence-corrected chi connectivity index (χ0v) is 16.4. The molecule has 3 atom stereocenters. The smallest absolute Gasteiger partial charge is 0.139 e. The van der Waals surface area contributed by atoms with Gasteiger partial charge in [0.25, 0.3) is 0 Å². The lowest BCUT2D eigenvalue weighted by molar-refractivity contribution is -0.897. The van der Waals surface area contributed by atoms with Crippen molar-refractivity contribution in [1.29, 1.82) is 0 Å². The first-order chi connectivity index (χ1) is 12.5. The minimum Gasteiger partial charge on any atom is -0.487 e. The average molecular weight is 355 g/mol. The minimum atomic E-state index is -0.350. The van der Waals surface area contributed by atoms with Crippen LogP contribution in [0.2, 0.25) is 0 Å². The predicted molar refractivity (Wildman–Crippen MR) is 103 cm³/mol. The van der Waals surface area contributed by atoms with Crippen LogP contribution in [0.5, 0.6) is 5.75 Å². The van der Waals surface area contributed by atoms with Crippen molar-refractivity contribution in [2.24, 2.45) is 5.92 Å². The van der Waals surface area contributed by atoms with Gasteiger partial charge in [0.05, 0.1) is 19.2 Å². The molecule has 2 saturated heterocycles. The number of hydrogen-bond acceptors (Lipinski definition) is 2. The molecule has 3 aliphatic rings. The highest BCUT2D eigenvalue weighted by Gasteiger charge is 2.49. The molecule has 3 heterocycles. The standard InChI is InChI=1S/C23H31NO2/c1-22(2)19-12-14-23(3,13-9-17-24-15-7-4-8-16-24)26-21(19)18-10-5-6-11-20(18)25-22/h5-6,10-11,19,21H,4,7-8,12,14-17H2,1-3H3/p+1/t19-,21-,23-/m0/s1. The molecule has 4 rings (SSSR count). The van der Waals surface area contributed by atoms with Gasteiger partial charge in [0.15, 0.2) is 0 Å². The molecule has 3 heteroatoms. The fourth-order valence-corrected chi connectivity index (χ4v) is 4.84. The summed E-state index contributed by atoms with van der Waals surface area (Å²) in [6.07, 6.45) is 6.23. The van der Waals surface area contributed by atoms with Crippen LogP contribution in [0.15, 0.2) is 24.3 Å². The van der Waals surface area contributed by atoms with Crippen LogP contribution >= 0.6 is 0 Å². The summed E-state index contributed by atoms with van der Waals surface area (Å²) in [6, 6.07) is 8.34. The highest BCUT2D eigenvalue weighted by Crippen LogP contribution is 2.52. The Morgan fingerprint density at radius 2 is 1.88 bits per heavy atom. The third kappa shape index (κ3) is 3.50. The van der Waals surface area contributed by atoms with Crippen LogP contribution in [0.4, 0.5) is 0 Å². The van der Waals surface area contributed by atoms with Crippen molar-refractivity contribution in [1.82, 2.24) is 0 Å². The Kier molecular flexibility index (Phi) is 4.75. The fourth-order valence-electron chi connectivity index (χ4n) is 4.84. The molecule has 0 spiro atoms. The molecule has 0 radical (unpaired) electrons. The lowest BCUT2D eigenvalue weighted by Crippen LogP contribution is -3.12. The van der Waals surface area contributed by atoms with E-state index in [-0.39, 0.29) is 17.3 Å². The van der Waals surface area contributed by atoms with E-state index in [4.69, 9.17) is 9.47 Å². The zero-order valence-electron chi connectivity index (χ0n) is 16.4. The van der Waals surface area contributed by atoms with Gasteiger partial charge in [-0.3, -0.25) is 0 Å². The number of hydrogen-bond donors (Lipinski definition) is 1. The van der Waals surface area contributed by atoms with Gasteiger partial charge in [-0.2, -0.15) is 0 Å². The van der Waals surface area contributed by atoms with Crippen molar-refractivity contribution in [3.8, 4) is 17.6 Å². The van der Waals surface area contributed by atoms with Crippen molar-refractivity contribution >= 4 is 0 Å². The van der Waals surface area contributed by atoms with E-state index < -0.39 is 0 Å². The molecular formula is C23H32NO2+. The van der Waals surface area contributed by atoms with Gasteiger partial charge in [-0.05, 0) is 64.9 Å². The molecule has 3 aliphatic heterocycles. The maximum atomic E-state index is 6.67. The number of piperidine rings is 1. The molecule has 3 nitrogen and oxygen atoms in total. The normalized spacial score (nSPS) is 33.2. The van der Waals surface area contributed by atoms with Gasteiger partial charge >= 0.3 is 0 Å². The molecule has 0 bridgehead atoms. The van der Waals surface area contributed by atoms with E-state index in [0.29, 0.717) is 5.92 Å². The van der Waals surface area contributed by atoms with Crippen LogP contribution in [-0.2, 0) is 4.74 Å². The Balaban J connectivity index is 1.52. The van der Waals surface area contributed by atoms with E-state index in [0.717, 1.165) is 25.1 Å². The number of para-hydroxylation sites is 1. The lowest BCUT2D eigenvalue weighted by atomic mass is 9.73. The van der Waals surface area contributed by atoms with E-state index in [9.17, 15) is 0 Å². The SMILES string of the molecule is CC1(C)Oc2ccccc2[C@@H]2O[C@@](C)(C#CC[NH+]3CCCCC3)CC[C@@H]21. The van der Waals surface area contributed by atoms with Gasteiger partial charge in [-0.15, -0.1) is 0 Å². The van der Waals surface area contributed by atoms with Gasteiger partial charge in [0, 0.05) is 11.5 Å². The highest BCUT2D eigenvalue weighted by atomic mass is 16.5. The monoisotopic (exact) mass is 354 g/mol. The summed E-state index contributed by atoms with van der Waals surface area (Å²) in [7, 11) is 0. The number of benzene rings is 1. The second kappa shape index (κ2) is 6.91. The van der Waals surface area contributed by atoms with Crippen LogP contribution in [0, 0.1) is 17.8 Å². The fraction of sp³-hybridized carbons (Fsp3) is 0.652. The van der Waals surface area contributed by atoms with Crippen LogP contribution in [0.3, 0.4) is 0 Å². The first-order valence-corrected chi connectivity index (χ1v) is 10.3. The molecule has 0 saturated carbocycles. The third-order valence-corrected chi connectivity index (χ3v) is 6.43.